The first-order chi connectivity index (χ1) is 12.9. The first kappa shape index (κ1) is 17.1. The van der Waals surface area contributed by atoms with Crippen molar-refractivity contribution in [2.75, 3.05) is 10.6 Å². The number of rotatable bonds is 3. The van der Waals surface area contributed by atoms with Gasteiger partial charge in [0.2, 0.25) is 0 Å². The third-order valence-corrected chi connectivity index (χ3v) is 4.81. The van der Waals surface area contributed by atoms with Gasteiger partial charge in [-0.3, -0.25) is 4.79 Å². The lowest BCUT2D eigenvalue weighted by molar-refractivity contribution is -0.113. The number of nitrogen functional groups attached to an aromatic ring is 1. The van der Waals surface area contributed by atoms with E-state index in [1.54, 1.807) is 23.1 Å². The molecule has 0 saturated carbocycles. The topological polar surface area (TPSA) is 62.1 Å². The highest BCUT2D eigenvalue weighted by molar-refractivity contribution is 6.35. The highest BCUT2D eigenvalue weighted by Crippen LogP contribution is 2.40. The molecule has 2 aromatic carbocycles. The molecule has 3 N–H and O–H groups in total. The fourth-order valence-corrected chi connectivity index (χ4v) is 3.49. The second-order valence-corrected chi connectivity index (χ2v) is 6.90. The zero-order valence-corrected chi connectivity index (χ0v) is 15.2. The van der Waals surface area contributed by atoms with E-state index in [0.717, 1.165) is 33.8 Å². The number of benzene rings is 2. The van der Waals surface area contributed by atoms with Crippen molar-refractivity contribution in [3.8, 4) is 0 Å². The van der Waals surface area contributed by atoms with Crippen LogP contribution in [0, 0.1) is 19.7 Å². The Kier molecular flexibility index (Phi) is 4.07. The fourth-order valence-electron chi connectivity index (χ4n) is 3.49. The molecule has 0 fully saturated rings. The van der Waals surface area contributed by atoms with E-state index < -0.39 is 0 Å². The Morgan fingerprint density at radius 1 is 1.11 bits per heavy atom. The fraction of sp³-hybridized carbons (Fsp3) is 0.136. The summed E-state index contributed by atoms with van der Waals surface area (Å²) in [6.07, 6.45) is 1.88. The Balaban J connectivity index is 1.78. The molecule has 2 heterocycles. The number of aromatic nitrogens is 1. The van der Waals surface area contributed by atoms with Crippen molar-refractivity contribution in [1.29, 1.82) is 0 Å². The molecule has 5 heteroatoms. The molecular weight excluding hydrogens is 341 g/mol. The summed E-state index contributed by atoms with van der Waals surface area (Å²) < 4.78 is 13.2. The molecule has 0 spiro atoms. The van der Waals surface area contributed by atoms with Crippen LogP contribution in [-0.4, -0.2) is 10.9 Å². The number of nitrogens with two attached hydrogens (primary N) is 1. The van der Waals surface area contributed by atoms with Crippen LogP contribution in [0.5, 0.6) is 0 Å². The number of nitrogens with one attached hydrogen (secondary N) is 1. The van der Waals surface area contributed by atoms with Crippen LogP contribution in [0.15, 0.2) is 48.5 Å². The van der Waals surface area contributed by atoms with Gasteiger partial charge in [-0.15, -0.1) is 0 Å². The largest absolute Gasteiger partial charge is 0.399 e. The lowest BCUT2D eigenvalue weighted by Crippen LogP contribution is -2.25. The molecule has 1 aliphatic rings. The van der Waals surface area contributed by atoms with Crippen molar-refractivity contribution in [3.05, 3.63) is 82.4 Å². The second-order valence-electron chi connectivity index (χ2n) is 6.90. The molecule has 4 nitrogen and oxygen atoms in total. The first-order valence-corrected chi connectivity index (χ1v) is 8.76. The van der Waals surface area contributed by atoms with Gasteiger partial charge < -0.3 is 15.6 Å². The lowest BCUT2D eigenvalue weighted by atomic mass is 10.0. The highest BCUT2D eigenvalue weighted by atomic mass is 19.1. The van der Waals surface area contributed by atoms with Crippen molar-refractivity contribution in [2.45, 2.75) is 20.4 Å². The molecule has 0 radical (unpaired) electrons. The summed E-state index contributed by atoms with van der Waals surface area (Å²) in [4.78, 5) is 18.2. The van der Waals surface area contributed by atoms with Crippen molar-refractivity contribution in [2.24, 2.45) is 0 Å². The number of hydrogen-bond donors (Lipinski definition) is 2. The van der Waals surface area contributed by atoms with Gasteiger partial charge in [0.15, 0.2) is 0 Å². The molecular formula is C22H20FN3O. The normalized spacial score (nSPS) is 14.9. The van der Waals surface area contributed by atoms with E-state index >= 15 is 0 Å². The zero-order chi connectivity index (χ0) is 19.1. The maximum atomic E-state index is 13.2. The molecule has 0 unspecified atom stereocenters. The van der Waals surface area contributed by atoms with Crippen LogP contribution >= 0.6 is 0 Å². The number of fused-ring (bicyclic) bond motifs is 1. The van der Waals surface area contributed by atoms with Gasteiger partial charge >= 0.3 is 0 Å². The average molecular weight is 361 g/mol. The van der Waals surface area contributed by atoms with Crippen LogP contribution in [0.4, 0.5) is 15.8 Å². The maximum Gasteiger partial charge on any atom is 0.259 e. The zero-order valence-electron chi connectivity index (χ0n) is 15.2. The number of aromatic amines is 1. The minimum absolute atomic E-state index is 0.0911. The SMILES string of the molecule is Cc1cc(C)c(/C=C2\C(=O)N(Cc3ccc(F)cc3)c3ccc(N)cc32)[nH]1. The number of carbonyl (C=O) groups excluding carboxylic acids is 1. The first-order valence-electron chi connectivity index (χ1n) is 8.76. The van der Waals surface area contributed by atoms with E-state index in [2.05, 4.69) is 4.98 Å². The minimum atomic E-state index is -0.294. The van der Waals surface area contributed by atoms with Crippen LogP contribution in [0.3, 0.4) is 0 Å². The molecule has 0 bridgehead atoms. The Labute approximate surface area is 157 Å². The summed E-state index contributed by atoms with van der Waals surface area (Å²) >= 11 is 0. The van der Waals surface area contributed by atoms with Gasteiger partial charge in [0.25, 0.3) is 5.91 Å². The summed E-state index contributed by atoms with van der Waals surface area (Å²) in [7, 11) is 0. The van der Waals surface area contributed by atoms with E-state index in [1.807, 2.05) is 38.1 Å². The van der Waals surface area contributed by atoms with Gasteiger partial charge in [-0.05, 0) is 67.4 Å². The maximum absolute atomic E-state index is 13.2. The number of anilines is 2. The number of nitrogens with zero attached hydrogens (tertiary/aromatic N) is 1. The van der Waals surface area contributed by atoms with Crippen LogP contribution in [0.1, 0.15) is 28.1 Å². The molecule has 1 amide bonds. The number of aryl methyl sites for hydroxylation is 2. The molecule has 1 aliphatic heterocycles. The standard InChI is InChI=1S/C22H20FN3O/c1-13-9-14(2)25-20(13)11-19-18-10-17(24)7-8-21(18)26(22(19)27)12-15-3-5-16(23)6-4-15/h3-11,25H,12,24H2,1-2H3/b19-11-. The lowest BCUT2D eigenvalue weighted by Gasteiger charge is -2.17. The van der Waals surface area contributed by atoms with Crippen LogP contribution < -0.4 is 10.6 Å². The van der Waals surface area contributed by atoms with Gasteiger partial charge in [-0.25, -0.2) is 4.39 Å². The van der Waals surface area contributed by atoms with Crippen LogP contribution in [0.2, 0.25) is 0 Å². The molecule has 0 aliphatic carbocycles. The van der Waals surface area contributed by atoms with Crippen molar-refractivity contribution >= 4 is 28.9 Å². The Morgan fingerprint density at radius 2 is 1.85 bits per heavy atom. The van der Waals surface area contributed by atoms with Crippen LogP contribution in [0.25, 0.3) is 11.6 Å². The molecule has 1 aromatic heterocycles. The van der Waals surface area contributed by atoms with Crippen molar-refractivity contribution in [1.82, 2.24) is 4.98 Å². The molecule has 27 heavy (non-hydrogen) atoms. The number of carbonyl (C=O) groups is 1. The minimum Gasteiger partial charge on any atom is -0.399 e. The summed E-state index contributed by atoms with van der Waals surface area (Å²) in [5, 5.41) is 0. The summed E-state index contributed by atoms with van der Waals surface area (Å²) in [6, 6.07) is 13.7. The van der Waals surface area contributed by atoms with Crippen molar-refractivity contribution in [3.63, 3.8) is 0 Å². The second kappa shape index (κ2) is 6.43. The smallest absolute Gasteiger partial charge is 0.259 e. The van der Waals surface area contributed by atoms with E-state index in [-0.39, 0.29) is 11.7 Å². The summed E-state index contributed by atoms with van der Waals surface area (Å²) in [5.41, 5.74) is 12.7. The third kappa shape index (κ3) is 3.12. The Morgan fingerprint density at radius 3 is 2.52 bits per heavy atom. The molecule has 3 aromatic rings. The van der Waals surface area contributed by atoms with E-state index in [4.69, 9.17) is 5.73 Å². The predicted octanol–water partition coefficient (Wildman–Crippen LogP) is 4.44. The molecule has 4 rings (SSSR count). The number of H-pyrrole nitrogens is 1. The Bertz CT molecular complexity index is 1060. The summed E-state index contributed by atoms with van der Waals surface area (Å²) in [6.45, 7) is 4.36. The number of amides is 1. The van der Waals surface area contributed by atoms with E-state index in [0.29, 0.717) is 17.8 Å². The van der Waals surface area contributed by atoms with Gasteiger partial charge in [0, 0.05) is 22.6 Å². The van der Waals surface area contributed by atoms with E-state index in [9.17, 15) is 9.18 Å². The quantitative estimate of drug-likeness (QED) is 0.535. The average Bonchev–Trinajstić information content (AvgIpc) is 3.07. The van der Waals surface area contributed by atoms with Gasteiger partial charge in [-0.2, -0.15) is 0 Å². The van der Waals surface area contributed by atoms with E-state index in [1.165, 1.54) is 12.1 Å². The number of halogens is 1. The highest BCUT2D eigenvalue weighted by Gasteiger charge is 2.32. The van der Waals surface area contributed by atoms with Gasteiger partial charge in [0.05, 0.1) is 17.8 Å². The summed E-state index contributed by atoms with van der Waals surface area (Å²) in [5.74, 6) is -0.385. The van der Waals surface area contributed by atoms with Gasteiger partial charge in [0.1, 0.15) is 5.82 Å². The molecule has 0 atom stereocenters. The molecule has 0 saturated heterocycles. The third-order valence-electron chi connectivity index (χ3n) is 4.81. The molecule has 136 valence electrons. The monoisotopic (exact) mass is 361 g/mol. The van der Waals surface area contributed by atoms with Gasteiger partial charge in [-0.1, -0.05) is 12.1 Å². The Hall–Kier alpha value is -3.34. The van der Waals surface area contributed by atoms with Crippen LogP contribution in [-0.2, 0) is 11.3 Å². The van der Waals surface area contributed by atoms with Crippen molar-refractivity contribution < 1.29 is 9.18 Å². The number of hydrogen-bond acceptors (Lipinski definition) is 2. The predicted molar refractivity (Wildman–Crippen MR) is 107 cm³/mol.